The van der Waals surface area contributed by atoms with E-state index in [2.05, 4.69) is 18.7 Å². The van der Waals surface area contributed by atoms with Gasteiger partial charge >= 0.3 is 0 Å². The highest BCUT2D eigenvalue weighted by atomic mass is 16.5. The van der Waals surface area contributed by atoms with Gasteiger partial charge in [0.25, 0.3) is 0 Å². The van der Waals surface area contributed by atoms with E-state index in [9.17, 15) is 4.79 Å². The van der Waals surface area contributed by atoms with Gasteiger partial charge in [-0.05, 0) is 44.9 Å². The molecule has 2 unspecified atom stereocenters. The van der Waals surface area contributed by atoms with Gasteiger partial charge in [-0.1, -0.05) is 13.8 Å². The van der Waals surface area contributed by atoms with Crippen molar-refractivity contribution >= 4 is 5.78 Å². The summed E-state index contributed by atoms with van der Waals surface area (Å²) in [5.74, 6) is 0.860. The van der Waals surface area contributed by atoms with Crippen LogP contribution in [0.15, 0.2) is 0 Å². The molecule has 1 aliphatic heterocycles. The second-order valence-electron chi connectivity index (χ2n) is 6.74. The van der Waals surface area contributed by atoms with Crippen molar-refractivity contribution < 1.29 is 9.53 Å². The molecule has 20 heavy (non-hydrogen) atoms. The predicted molar refractivity (Wildman–Crippen MR) is 81.9 cm³/mol. The minimum atomic E-state index is 0.396. The Labute approximate surface area is 124 Å². The van der Waals surface area contributed by atoms with Gasteiger partial charge in [-0.3, -0.25) is 4.79 Å². The first-order chi connectivity index (χ1) is 9.60. The topological polar surface area (TPSA) is 29.5 Å². The van der Waals surface area contributed by atoms with E-state index in [0.29, 0.717) is 36.4 Å². The first-order valence-corrected chi connectivity index (χ1v) is 8.51. The fraction of sp³-hybridized carbons (Fsp3) is 0.941. The molecule has 2 rings (SSSR count). The summed E-state index contributed by atoms with van der Waals surface area (Å²) in [5, 5.41) is 0. The van der Waals surface area contributed by atoms with Crippen molar-refractivity contribution in [3.8, 4) is 0 Å². The first kappa shape index (κ1) is 16.0. The van der Waals surface area contributed by atoms with E-state index in [0.717, 1.165) is 32.4 Å². The minimum absolute atomic E-state index is 0.396. The molecule has 116 valence electrons. The van der Waals surface area contributed by atoms with Crippen LogP contribution in [0.5, 0.6) is 0 Å². The van der Waals surface area contributed by atoms with Crippen molar-refractivity contribution in [2.75, 3.05) is 13.1 Å². The molecule has 0 spiro atoms. The van der Waals surface area contributed by atoms with Gasteiger partial charge in [-0.15, -0.1) is 0 Å². The molecule has 1 saturated carbocycles. The molecule has 0 amide bonds. The van der Waals surface area contributed by atoms with E-state index >= 15 is 0 Å². The summed E-state index contributed by atoms with van der Waals surface area (Å²) in [6, 6.07) is 0.509. The lowest BCUT2D eigenvalue weighted by Crippen LogP contribution is -2.46. The van der Waals surface area contributed by atoms with Crippen LogP contribution in [0, 0.1) is 5.92 Å². The number of piperidine rings is 1. The quantitative estimate of drug-likeness (QED) is 0.716. The third-order valence-electron chi connectivity index (χ3n) is 5.26. The maximum absolute atomic E-state index is 11.6. The third-order valence-corrected chi connectivity index (χ3v) is 5.26. The number of Topliss-reactive ketones (excluding diaryl/α,β-unsaturated/α-hetero) is 1. The molecule has 0 N–H and O–H groups in total. The number of ketones is 1. The van der Waals surface area contributed by atoms with Crippen LogP contribution in [0.4, 0.5) is 0 Å². The molecular weight excluding hydrogens is 250 g/mol. The number of carbonyl (C=O) groups excluding carboxylic acids is 1. The Bertz CT molecular complexity index is 306. The van der Waals surface area contributed by atoms with E-state index in [4.69, 9.17) is 4.74 Å². The number of likely N-dealkylation sites (tertiary alicyclic amines) is 1. The molecule has 3 nitrogen and oxygen atoms in total. The zero-order valence-electron chi connectivity index (χ0n) is 13.4. The summed E-state index contributed by atoms with van der Waals surface area (Å²) < 4.78 is 6.12. The van der Waals surface area contributed by atoms with E-state index in [-0.39, 0.29) is 0 Å². The number of hydrogen-bond acceptors (Lipinski definition) is 3. The monoisotopic (exact) mass is 281 g/mol. The summed E-state index contributed by atoms with van der Waals surface area (Å²) in [6.07, 6.45) is 8.67. The van der Waals surface area contributed by atoms with E-state index < -0.39 is 0 Å². The Morgan fingerprint density at radius 2 is 1.75 bits per heavy atom. The molecule has 0 aromatic carbocycles. The van der Waals surface area contributed by atoms with E-state index in [1.54, 1.807) is 0 Å². The van der Waals surface area contributed by atoms with Gasteiger partial charge in [-0.2, -0.15) is 0 Å². The van der Waals surface area contributed by atoms with Gasteiger partial charge in [0.05, 0.1) is 12.2 Å². The summed E-state index contributed by atoms with van der Waals surface area (Å²) in [4.78, 5) is 14.1. The van der Waals surface area contributed by atoms with E-state index in [1.807, 2.05) is 6.92 Å². The lowest BCUT2D eigenvalue weighted by atomic mass is 9.92. The first-order valence-electron chi connectivity index (χ1n) is 8.51. The highest BCUT2D eigenvalue weighted by molar-refractivity contribution is 5.78. The molecule has 1 aliphatic carbocycles. The number of rotatable bonds is 7. The van der Waals surface area contributed by atoms with Gasteiger partial charge in [0.2, 0.25) is 0 Å². The largest absolute Gasteiger partial charge is 0.375 e. The van der Waals surface area contributed by atoms with Crippen LogP contribution in [0.3, 0.4) is 0 Å². The minimum Gasteiger partial charge on any atom is -0.375 e. The van der Waals surface area contributed by atoms with Crippen LogP contribution in [0.1, 0.15) is 65.7 Å². The fourth-order valence-electron chi connectivity index (χ4n) is 3.23. The zero-order chi connectivity index (χ0) is 14.5. The summed E-state index contributed by atoms with van der Waals surface area (Å²) in [5.41, 5.74) is 0. The second kappa shape index (κ2) is 7.56. The number of nitrogens with zero attached hydrogens (tertiary/aromatic N) is 1. The van der Waals surface area contributed by atoms with Crippen molar-refractivity contribution in [3.05, 3.63) is 0 Å². The average molecular weight is 281 g/mol. The lowest BCUT2D eigenvalue weighted by molar-refractivity contribution is -0.120. The highest BCUT2D eigenvalue weighted by Crippen LogP contribution is 2.27. The Morgan fingerprint density at radius 1 is 1.15 bits per heavy atom. The van der Waals surface area contributed by atoms with Gasteiger partial charge in [0, 0.05) is 32.0 Å². The third kappa shape index (κ3) is 4.29. The smallest absolute Gasteiger partial charge is 0.132 e. The normalized spacial score (nSPS) is 25.1. The Morgan fingerprint density at radius 3 is 2.25 bits per heavy atom. The standard InChI is InChI=1S/C17H31NO2/c1-4-15(19)12-13(2)14(3)18-10-8-17(9-11-18)20-16-6-5-7-16/h13-14,16-17H,4-12H2,1-3H3. The summed E-state index contributed by atoms with van der Waals surface area (Å²) in [7, 11) is 0. The van der Waals surface area contributed by atoms with Crippen LogP contribution in [-0.2, 0) is 9.53 Å². The lowest BCUT2D eigenvalue weighted by Gasteiger charge is -2.40. The summed E-state index contributed by atoms with van der Waals surface area (Å²) in [6.45, 7) is 8.71. The maximum Gasteiger partial charge on any atom is 0.132 e. The van der Waals surface area contributed by atoms with Crippen molar-refractivity contribution in [2.24, 2.45) is 5.92 Å². The molecule has 0 radical (unpaired) electrons. The van der Waals surface area contributed by atoms with Gasteiger partial charge in [-0.25, -0.2) is 0 Å². The molecule has 0 bridgehead atoms. The van der Waals surface area contributed by atoms with Gasteiger partial charge in [0.1, 0.15) is 5.78 Å². The molecule has 2 fully saturated rings. The van der Waals surface area contributed by atoms with Crippen molar-refractivity contribution in [1.82, 2.24) is 4.90 Å². The predicted octanol–water partition coefficient (Wildman–Crippen LogP) is 3.41. The molecular formula is C17H31NO2. The van der Waals surface area contributed by atoms with Crippen LogP contribution in [-0.4, -0.2) is 42.0 Å². The van der Waals surface area contributed by atoms with E-state index in [1.165, 1.54) is 19.3 Å². The molecule has 1 saturated heterocycles. The van der Waals surface area contributed by atoms with Gasteiger partial charge in [0.15, 0.2) is 0 Å². The molecule has 0 aromatic rings. The highest BCUT2D eigenvalue weighted by Gasteiger charge is 2.29. The Kier molecular flexibility index (Phi) is 6.03. The second-order valence-corrected chi connectivity index (χ2v) is 6.74. The SMILES string of the molecule is CCC(=O)CC(C)C(C)N1CCC(OC2CCC2)CC1. The molecule has 1 heterocycles. The van der Waals surface area contributed by atoms with Crippen LogP contribution in [0.2, 0.25) is 0 Å². The molecule has 2 atom stereocenters. The zero-order valence-corrected chi connectivity index (χ0v) is 13.4. The van der Waals surface area contributed by atoms with Crippen molar-refractivity contribution in [1.29, 1.82) is 0 Å². The number of carbonyl (C=O) groups is 1. The van der Waals surface area contributed by atoms with Crippen LogP contribution in [0.25, 0.3) is 0 Å². The molecule has 2 aliphatic rings. The van der Waals surface area contributed by atoms with Crippen molar-refractivity contribution in [2.45, 2.75) is 84.0 Å². The molecule has 0 aromatic heterocycles. The fourth-order valence-corrected chi connectivity index (χ4v) is 3.23. The van der Waals surface area contributed by atoms with Crippen LogP contribution >= 0.6 is 0 Å². The summed E-state index contributed by atoms with van der Waals surface area (Å²) >= 11 is 0. The Hall–Kier alpha value is -0.410. The van der Waals surface area contributed by atoms with Crippen molar-refractivity contribution in [3.63, 3.8) is 0 Å². The van der Waals surface area contributed by atoms with Gasteiger partial charge < -0.3 is 9.64 Å². The van der Waals surface area contributed by atoms with Crippen LogP contribution < -0.4 is 0 Å². The number of hydrogen-bond donors (Lipinski definition) is 0. The number of ether oxygens (including phenoxy) is 1. The molecule has 3 heteroatoms. The average Bonchev–Trinajstić information content (AvgIpc) is 2.42. The Balaban J connectivity index is 1.70. The maximum atomic E-state index is 11.6.